The zero-order valence-corrected chi connectivity index (χ0v) is 13.8. The smallest absolute Gasteiger partial charge is 0.250 e. The molecule has 1 aromatic rings. The van der Waals surface area contributed by atoms with Crippen LogP contribution in [0.5, 0.6) is 5.75 Å². The monoisotopic (exact) mass is 342 g/mol. The molecule has 1 saturated carbocycles. The maximum absolute atomic E-state index is 12.4. The number of benzene rings is 1. The lowest BCUT2D eigenvalue weighted by molar-refractivity contribution is 0.0718. The zero-order chi connectivity index (χ0) is 17.0. The van der Waals surface area contributed by atoms with Crippen LogP contribution >= 0.6 is 0 Å². The van der Waals surface area contributed by atoms with Crippen LogP contribution in [0.15, 0.2) is 18.2 Å². The van der Waals surface area contributed by atoms with Gasteiger partial charge in [0.05, 0.1) is 23.1 Å². The molecule has 0 aliphatic heterocycles. The highest BCUT2D eigenvalue weighted by molar-refractivity contribution is 7.92. The summed E-state index contributed by atoms with van der Waals surface area (Å²) in [6, 6.07) is 3.73. The molecule has 128 valence electrons. The molecule has 2 rings (SSSR count). The summed E-state index contributed by atoms with van der Waals surface area (Å²) >= 11 is 0. The fraction of sp³-hybridized carbons (Fsp3) is 0.533. The number of ether oxygens (including phenoxy) is 1. The van der Waals surface area contributed by atoms with E-state index in [2.05, 4.69) is 4.72 Å². The number of hydrogen-bond donors (Lipinski definition) is 3. The van der Waals surface area contributed by atoms with Crippen LogP contribution in [0.3, 0.4) is 0 Å². The van der Waals surface area contributed by atoms with E-state index in [1.165, 1.54) is 19.2 Å². The Morgan fingerprint density at radius 2 is 2.09 bits per heavy atom. The molecule has 23 heavy (non-hydrogen) atoms. The van der Waals surface area contributed by atoms with E-state index in [1.807, 2.05) is 0 Å². The molecule has 0 saturated heterocycles. The normalized spacial score (nSPS) is 17.1. The number of amides is 1. The lowest BCUT2D eigenvalue weighted by atomic mass is 10.0. The summed E-state index contributed by atoms with van der Waals surface area (Å²) in [7, 11) is -2.21. The second kappa shape index (κ2) is 7.18. The summed E-state index contributed by atoms with van der Waals surface area (Å²) in [5.74, 6) is -0.945. The lowest BCUT2D eigenvalue weighted by Crippen LogP contribution is -2.33. The van der Waals surface area contributed by atoms with E-state index >= 15 is 0 Å². The highest BCUT2D eigenvalue weighted by Crippen LogP contribution is 2.30. The van der Waals surface area contributed by atoms with Gasteiger partial charge in [-0.3, -0.25) is 9.52 Å². The molecular formula is C15H22N2O5S. The van der Waals surface area contributed by atoms with E-state index in [-0.39, 0.29) is 34.8 Å². The maximum atomic E-state index is 12.4. The molecule has 1 unspecified atom stereocenters. The number of carbonyl (C=O) groups excluding carboxylic acids is 1. The largest absolute Gasteiger partial charge is 0.508 e. The summed E-state index contributed by atoms with van der Waals surface area (Å²) in [4.78, 5) is 11.4. The SMILES string of the molecule is COC(CS(=O)(=O)Nc1ccc(O)cc1C(N)=O)C1CCCC1. The van der Waals surface area contributed by atoms with Crippen molar-refractivity contribution in [1.29, 1.82) is 0 Å². The van der Waals surface area contributed by atoms with Gasteiger partial charge < -0.3 is 15.6 Å². The van der Waals surface area contributed by atoms with Crippen molar-refractivity contribution in [3.63, 3.8) is 0 Å². The Balaban J connectivity index is 2.16. The minimum Gasteiger partial charge on any atom is -0.508 e. The molecule has 7 nitrogen and oxygen atoms in total. The van der Waals surface area contributed by atoms with Crippen LogP contribution in [-0.4, -0.2) is 38.4 Å². The van der Waals surface area contributed by atoms with E-state index in [1.54, 1.807) is 0 Å². The first-order valence-corrected chi connectivity index (χ1v) is 9.13. The minimum absolute atomic E-state index is 0.0524. The van der Waals surface area contributed by atoms with Crippen LogP contribution in [-0.2, 0) is 14.8 Å². The van der Waals surface area contributed by atoms with Gasteiger partial charge in [-0.25, -0.2) is 8.42 Å². The van der Waals surface area contributed by atoms with E-state index in [9.17, 15) is 18.3 Å². The van der Waals surface area contributed by atoms with E-state index in [0.29, 0.717) is 0 Å². The molecule has 4 N–H and O–H groups in total. The summed E-state index contributed by atoms with van der Waals surface area (Å²) < 4.78 is 32.5. The highest BCUT2D eigenvalue weighted by atomic mass is 32.2. The third kappa shape index (κ3) is 4.59. The fourth-order valence-corrected chi connectivity index (χ4v) is 4.41. The second-order valence-electron chi connectivity index (χ2n) is 5.80. The minimum atomic E-state index is -3.72. The van der Waals surface area contributed by atoms with Crippen molar-refractivity contribution < 1.29 is 23.1 Å². The van der Waals surface area contributed by atoms with Gasteiger partial charge in [-0.05, 0) is 37.0 Å². The van der Waals surface area contributed by atoms with Crippen LogP contribution < -0.4 is 10.5 Å². The summed E-state index contributed by atoms with van der Waals surface area (Å²) in [6.07, 6.45) is 3.70. The molecular weight excluding hydrogens is 320 g/mol. The number of rotatable bonds is 7. The lowest BCUT2D eigenvalue weighted by Gasteiger charge is -2.22. The molecule has 0 spiro atoms. The Hall–Kier alpha value is -1.80. The number of nitrogens with two attached hydrogens (primary N) is 1. The van der Waals surface area contributed by atoms with Crippen molar-refractivity contribution in [2.45, 2.75) is 31.8 Å². The Morgan fingerprint density at radius 3 is 2.65 bits per heavy atom. The van der Waals surface area contributed by atoms with Gasteiger partial charge >= 0.3 is 0 Å². The van der Waals surface area contributed by atoms with Crippen molar-refractivity contribution in [1.82, 2.24) is 0 Å². The average molecular weight is 342 g/mol. The molecule has 0 aromatic heterocycles. The van der Waals surface area contributed by atoms with Gasteiger partial charge in [0.1, 0.15) is 5.75 Å². The van der Waals surface area contributed by atoms with Gasteiger partial charge in [0.15, 0.2) is 0 Å². The first-order valence-electron chi connectivity index (χ1n) is 7.48. The predicted octanol–water partition coefficient (Wildman–Crippen LogP) is 1.44. The number of primary amides is 1. The van der Waals surface area contributed by atoms with E-state index in [0.717, 1.165) is 31.7 Å². The van der Waals surface area contributed by atoms with E-state index in [4.69, 9.17) is 10.5 Å². The maximum Gasteiger partial charge on any atom is 0.250 e. The van der Waals surface area contributed by atoms with Gasteiger partial charge in [-0.2, -0.15) is 0 Å². The quantitative estimate of drug-likeness (QED) is 0.648. The van der Waals surface area contributed by atoms with Crippen LogP contribution in [0.25, 0.3) is 0 Å². The molecule has 8 heteroatoms. The van der Waals surface area contributed by atoms with Crippen molar-refractivity contribution in [3.05, 3.63) is 23.8 Å². The van der Waals surface area contributed by atoms with Gasteiger partial charge in [0.2, 0.25) is 10.0 Å². The average Bonchev–Trinajstić information content (AvgIpc) is 3.00. The number of hydrogen-bond acceptors (Lipinski definition) is 5. The van der Waals surface area contributed by atoms with Crippen molar-refractivity contribution in [2.24, 2.45) is 11.7 Å². The first kappa shape index (κ1) is 17.6. The van der Waals surface area contributed by atoms with Gasteiger partial charge in [-0.1, -0.05) is 12.8 Å². The standard InChI is InChI=1S/C15H22N2O5S/c1-22-14(10-4-2-3-5-10)9-23(20,21)17-13-7-6-11(18)8-12(13)15(16)19/h6-8,10,14,17-18H,2-5,9H2,1H3,(H2,16,19). The molecule has 0 radical (unpaired) electrons. The summed E-state index contributed by atoms with van der Waals surface area (Å²) in [6.45, 7) is 0. The van der Waals surface area contributed by atoms with Crippen LogP contribution in [0.2, 0.25) is 0 Å². The number of phenols is 1. The third-order valence-electron chi connectivity index (χ3n) is 4.15. The Bertz CT molecular complexity index is 668. The number of methoxy groups -OCH3 is 1. The number of phenolic OH excluding ortho intramolecular Hbond substituents is 1. The molecule has 0 heterocycles. The Labute approximate surface area is 135 Å². The van der Waals surface area contributed by atoms with Gasteiger partial charge in [0.25, 0.3) is 5.91 Å². The number of aromatic hydroxyl groups is 1. The molecule has 1 aliphatic carbocycles. The molecule has 1 atom stereocenters. The predicted molar refractivity (Wildman–Crippen MR) is 86.8 cm³/mol. The van der Waals surface area contributed by atoms with Crippen LogP contribution in [0.1, 0.15) is 36.0 Å². The fourth-order valence-electron chi connectivity index (χ4n) is 2.98. The van der Waals surface area contributed by atoms with E-state index < -0.39 is 15.9 Å². The summed E-state index contributed by atoms with van der Waals surface area (Å²) in [5.41, 5.74) is 5.19. The number of sulfonamides is 1. The Kier molecular flexibility index (Phi) is 5.48. The second-order valence-corrected chi connectivity index (χ2v) is 7.56. The number of anilines is 1. The summed E-state index contributed by atoms with van der Waals surface area (Å²) in [5, 5.41) is 9.41. The molecule has 1 fully saturated rings. The van der Waals surface area contributed by atoms with Crippen LogP contribution in [0.4, 0.5) is 5.69 Å². The number of carbonyl (C=O) groups is 1. The number of nitrogens with one attached hydrogen (secondary N) is 1. The molecule has 1 aliphatic rings. The first-order chi connectivity index (χ1) is 10.8. The van der Waals surface area contributed by atoms with Crippen molar-refractivity contribution in [2.75, 3.05) is 17.6 Å². The third-order valence-corrected chi connectivity index (χ3v) is 5.44. The van der Waals surface area contributed by atoms with Gasteiger partial charge in [-0.15, -0.1) is 0 Å². The van der Waals surface area contributed by atoms with Crippen molar-refractivity contribution >= 4 is 21.6 Å². The zero-order valence-electron chi connectivity index (χ0n) is 13.0. The topological polar surface area (TPSA) is 119 Å². The van der Waals surface area contributed by atoms with Crippen molar-refractivity contribution in [3.8, 4) is 5.75 Å². The highest BCUT2D eigenvalue weighted by Gasteiger charge is 2.29. The molecule has 1 amide bonds. The van der Waals surface area contributed by atoms with Gasteiger partial charge in [0, 0.05) is 7.11 Å². The van der Waals surface area contributed by atoms with Crippen LogP contribution in [0, 0.1) is 5.92 Å². The molecule has 0 bridgehead atoms. The Morgan fingerprint density at radius 1 is 1.43 bits per heavy atom. The molecule has 1 aromatic carbocycles.